The van der Waals surface area contributed by atoms with Crippen molar-refractivity contribution in [3.05, 3.63) is 12.7 Å². The number of fused-ring (bicyclic) bond motifs is 1. The minimum absolute atomic E-state index is 0.0833. The molecule has 4 heterocycles. The van der Waals surface area contributed by atoms with Crippen LogP contribution >= 0.6 is 0 Å². The number of ether oxygens (including phenoxy) is 1. The second-order valence-corrected chi connectivity index (χ2v) is 8.05. The molecule has 1 amide bonds. The molecule has 10 nitrogen and oxygen atoms in total. The van der Waals surface area contributed by atoms with Crippen molar-refractivity contribution in [3.63, 3.8) is 0 Å². The van der Waals surface area contributed by atoms with E-state index in [4.69, 9.17) is 16.2 Å². The first-order chi connectivity index (χ1) is 13.4. The van der Waals surface area contributed by atoms with E-state index < -0.39 is 11.2 Å². The highest BCUT2D eigenvalue weighted by Gasteiger charge is 2.50. The first-order valence-corrected chi connectivity index (χ1v) is 9.62. The Labute approximate surface area is 162 Å². The summed E-state index contributed by atoms with van der Waals surface area (Å²) in [6.45, 7) is 3.76. The summed E-state index contributed by atoms with van der Waals surface area (Å²) >= 11 is 0. The van der Waals surface area contributed by atoms with E-state index in [1.54, 1.807) is 6.33 Å². The van der Waals surface area contributed by atoms with E-state index in [0.29, 0.717) is 68.9 Å². The molecule has 10 heteroatoms. The van der Waals surface area contributed by atoms with E-state index in [0.717, 1.165) is 0 Å². The van der Waals surface area contributed by atoms with Crippen LogP contribution in [0.5, 0.6) is 0 Å². The second-order valence-electron chi connectivity index (χ2n) is 8.05. The van der Waals surface area contributed by atoms with Crippen molar-refractivity contribution in [2.45, 2.75) is 49.9 Å². The zero-order valence-corrected chi connectivity index (χ0v) is 16.0. The molecule has 2 fully saturated rings. The number of likely N-dealkylation sites (tertiary alicyclic amines) is 1. The van der Waals surface area contributed by atoms with Crippen LogP contribution in [-0.4, -0.2) is 72.9 Å². The fourth-order valence-corrected chi connectivity index (χ4v) is 4.50. The molecule has 2 aromatic rings. The molecule has 28 heavy (non-hydrogen) atoms. The number of aromatic nitrogens is 4. The molecule has 1 spiro atoms. The average molecular weight is 389 g/mol. The summed E-state index contributed by atoms with van der Waals surface area (Å²) in [6, 6.07) is -0.339. The third-order valence-corrected chi connectivity index (χ3v) is 6.05. The average Bonchev–Trinajstić information content (AvgIpc) is 3.07. The number of carbonyl (C=O) groups is 1. The molecular weight excluding hydrogens is 362 g/mol. The van der Waals surface area contributed by atoms with Crippen LogP contribution in [0.4, 0.5) is 5.82 Å². The molecule has 0 radical (unpaired) electrons. The van der Waals surface area contributed by atoms with Gasteiger partial charge in [-0.25, -0.2) is 15.0 Å². The van der Waals surface area contributed by atoms with Gasteiger partial charge in [0.15, 0.2) is 11.5 Å². The Bertz CT molecular complexity index is 873. The third kappa shape index (κ3) is 3.21. The molecule has 2 aliphatic rings. The standard InChI is InChI=1S/C18H27N7O3/c1-17(27)9-18(3-6-24(7-4-18)13(26)2-5-19)28-8-12(17)25-11-23-14-15(20)21-10-22-16(14)25/h10-12,27H,2-9,19H2,1H3,(H2,20,21,22)/t12-,17-/m1/s1. The number of nitrogens with two attached hydrogens (primary N) is 2. The molecule has 2 aromatic heterocycles. The van der Waals surface area contributed by atoms with Crippen LogP contribution in [0.1, 0.15) is 38.6 Å². The topological polar surface area (TPSA) is 145 Å². The SMILES string of the molecule is C[C@@]1(O)CC2(CCN(C(=O)CCN)CC2)OC[C@H]1n1cnc2c(N)ncnc21. The number of carbonyl (C=O) groups excluding carboxylic acids is 1. The van der Waals surface area contributed by atoms with Gasteiger partial charge in [-0.3, -0.25) is 4.79 Å². The van der Waals surface area contributed by atoms with Gasteiger partial charge in [0, 0.05) is 32.5 Å². The van der Waals surface area contributed by atoms with Gasteiger partial charge in [-0.05, 0) is 19.8 Å². The normalized spacial score (nSPS) is 27.4. The predicted molar refractivity (Wildman–Crippen MR) is 102 cm³/mol. The van der Waals surface area contributed by atoms with Gasteiger partial charge in [-0.2, -0.15) is 0 Å². The summed E-state index contributed by atoms with van der Waals surface area (Å²) < 4.78 is 8.12. The van der Waals surface area contributed by atoms with E-state index in [-0.39, 0.29) is 11.9 Å². The lowest BCUT2D eigenvalue weighted by Crippen LogP contribution is -2.58. The zero-order chi connectivity index (χ0) is 19.9. The van der Waals surface area contributed by atoms with Crippen LogP contribution in [0.25, 0.3) is 11.2 Å². The summed E-state index contributed by atoms with van der Waals surface area (Å²) in [7, 11) is 0. The quantitative estimate of drug-likeness (QED) is 0.656. The van der Waals surface area contributed by atoms with Crippen molar-refractivity contribution in [1.82, 2.24) is 24.4 Å². The lowest BCUT2D eigenvalue weighted by molar-refractivity contribution is -0.196. The Balaban J connectivity index is 1.51. The maximum absolute atomic E-state index is 12.1. The van der Waals surface area contributed by atoms with E-state index in [9.17, 15) is 9.90 Å². The number of aliphatic hydroxyl groups is 1. The lowest BCUT2D eigenvalue weighted by atomic mass is 9.75. The Kier molecular flexibility index (Phi) is 4.72. The fourth-order valence-electron chi connectivity index (χ4n) is 4.50. The highest BCUT2D eigenvalue weighted by atomic mass is 16.5. The number of amides is 1. The number of nitrogen functional groups attached to an aromatic ring is 1. The highest BCUT2D eigenvalue weighted by molar-refractivity contribution is 5.81. The van der Waals surface area contributed by atoms with Crippen LogP contribution in [-0.2, 0) is 9.53 Å². The summed E-state index contributed by atoms with van der Waals surface area (Å²) in [5, 5.41) is 11.3. The summed E-state index contributed by atoms with van der Waals surface area (Å²) in [5.41, 5.74) is 11.0. The predicted octanol–water partition coefficient (Wildman–Crippen LogP) is -0.169. The maximum atomic E-state index is 12.1. The molecule has 4 rings (SSSR count). The van der Waals surface area contributed by atoms with Crippen LogP contribution < -0.4 is 11.5 Å². The molecule has 5 N–H and O–H groups in total. The molecule has 0 unspecified atom stereocenters. The minimum Gasteiger partial charge on any atom is -0.388 e. The first-order valence-electron chi connectivity index (χ1n) is 9.62. The smallest absolute Gasteiger partial charge is 0.223 e. The third-order valence-electron chi connectivity index (χ3n) is 6.05. The van der Waals surface area contributed by atoms with Crippen LogP contribution in [0.15, 0.2) is 12.7 Å². The Morgan fingerprint density at radius 1 is 1.36 bits per heavy atom. The monoisotopic (exact) mass is 389 g/mol. The number of anilines is 1. The summed E-state index contributed by atoms with van der Waals surface area (Å²) in [5.74, 6) is 0.395. The number of hydrogen-bond donors (Lipinski definition) is 3. The van der Waals surface area contributed by atoms with Gasteiger partial charge in [-0.1, -0.05) is 0 Å². The van der Waals surface area contributed by atoms with Gasteiger partial charge >= 0.3 is 0 Å². The van der Waals surface area contributed by atoms with Gasteiger partial charge in [0.25, 0.3) is 0 Å². The largest absolute Gasteiger partial charge is 0.388 e. The van der Waals surface area contributed by atoms with Gasteiger partial charge in [0.2, 0.25) is 5.91 Å². The summed E-state index contributed by atoms with van der Waals surface area (Å²) in [4.78, 5) is 26.5. The number of piperidine rings is 1. The molecule has 0 aromatic carbocycles. The first kappa shape index (κ1) is 19.0. The van der Waals surface area contributed by atoms with E-state index in [1.165, 1.54) is 6.33 Å². The molecule has 152 valence electrons. The molecule has 0 saturated carbocycles. The second kappa shape index (κ2) is 6.94. The molecule has 2 atom stereocenters. The minimum atomic E-state index is -1.02. The van der Waals surface area contributed by atoms with Gasteiger partial charge in [0.1, 0.15) is 11.8 Å². The Hall–Kier alpha value is -2.30. The van der Waals surface area contributed by atoms with Crippen molar-refractivity contribution in [2.75, 3.05) is 32.0 Å². The van der Waals surface area contributed by atoms with Crippen molar-refractivity contribution < 1.29 is 14.6 Å². The fraction of sp³-hybridized carbons (Fsp3) is 0.667. The van der Waals surface area contributed by atoms with Gasteiger partial charge in [-0.15, -0.1) is 0 Å². The van der Waals surface area contributed by atoms with E-state index >= 15 is 0 Å². The number of imidazole rings is 1. The molecule has 2 aliphatic heterocycles. The van der Waals surface area contributed by atoms with E-state index in [1.807, 2.05) is 16.4 Å². The van der Waals surface area contributed by atoms with Crippen molar-refractivity contribution in [3.8, 4) is 0 Å². The number of hydrogen-bond acceptors (Lipinski definition) is 8. The van der Waals surface area contributed by atoms with Crippen LogP contribution in [0, 0.1) is 0 Å². The highest BCUT2D eigenvalue weighted by Crippen LogP contribution is 2.44. The molecule has 2 saturated heterocycles. The maximum Gasteiger partial charge on any atom is 0.223 e. The molecular formula is C18H27N7O3. The Morgan fingerprint density at radius 3 is 2.79 bits per heavy atom. The van der Waals surface area contributed by atoms with Crippen molar-refractivity contribution >= 4 is 22.9 Å². The molecule has 0 bridgehead atoms. The van der Waals surface area contributed by atoms with Crippen LogP contribution in [0.3, 0.4) is 0 Å². The summed E-state index contributed by atoms with van der Waals surface area (Å²) in [6.07, 6.45) is 5.27. The van der Waals surface area contributed by atoms with E-state index in [2.05, 4.69) is 15.0 Å². The Morgan fingerprint density at radius 2 is 2.11 bits per heavy atom. The number of nitrogens with zero attached hydrogens (tertiary/aromatic N) is 5. The van der Waals surface area contributed by atoms with Gasteiger partial charge in [0.05, 0.1) is 30.2 Å². The van der Waals surface area contributed by atoms with Crippen LogP contribution in [0.2, 0.25) is 0 Å². The van der Waals surface area contributed by atoms with Crippen molar-refractivity contribution in [2.24, 2.45) is 5.73 Å². The van der Waals surface area contributed by atoms with Crippen molar-refractivity contribution in [1.29, 1.82) is 0 Å². The lowest BCUT2D eigenvalue weighted by Gasteiger charge is -2.51. The van der Waals surface area contributed by atoms with Gasteiger partial charge < -0.3 is 30.8 Å². The zero-order valence-electron chi connectivity index (χ0n) is 16.0. The molecule has 0 aliphatic carbocycles. The number of rotatable bonds is 3.